The largest absolute Gasteiger partial charge is 0.320 e. The Morgan fingerprint density at radius 1 is 1.19 bits per heavy atom. The number of pyridine rings is 2. The minimum absolute atomic E-state index is 0.0441. The Hall–Kier alpha value is -1.90. The fraction of sp³-hybridized carbons (Fsp3) is 0.231. The maximum absolute atomic E-state index is 11.6. The van der Waals surface area contributed by atoms with Gasteiger partial charge in [0.15, 0.2) is 0 Å². The summed E-state index contributed by atoms with van der Waals surface area (Å²) >= 11 is 0. The van der Waals surface area contributed by atoms with Crippen LogP contribution in [0.15, 0.2) is 29.2 Å². The van der Waals surface area contributed by atoms with E-state index < -0.39 is 0 Å². The van der Waals surface area contributed by atoms with E-state index in [0.717, 1.165) is 28.1 Å². The van der Waals surface area contributed by atoms with Crippen molar-refractivity contribution < 1.29 is 0 Å². The Kier molecular flexibility index (Phi) is 2.60. The molecule has 1 N–H and O–H groups in total. The first-order valence-electron chi connectivity index (χ1n) is 5.21. The Labute approximate surface area is 94.2 Å². The van der Waals surface area contributed by atoms with E-state index in [1.807, 2.05) is 39.0 Å². The highest BCUT2D eigenvalue weighted by atomic mass is 16.1. The molecule has 2 aromatic heterocycles. The molecule has 0 bridgehead atoms. The summed E-state index contributed by atoms with van der Waals surface area (Å²) in [4.78, 5) is 18.7. The van der Waals surface area contributed by atoms with Gasteiger partial charge in [-0.3, -0.25) is 9.78 Å². The van der Waals surface area contributed by atoms with Crippen LogP contribution in [0.3, 0.4) is 0 Å². The Balaban J connectivity index is 2.57. The molecule has 0 fully saturated rings. The molecule has 0 radical (unpaired) electrons. The molecular weight excluding hydrogens is 200 g/mol. The van der Waals surface area contributed by atoms with E-state index >= 15 is 0 Å². The fourth-order valence-electron chi connectivity index (χ4n) is 1.52. The second kappa shape index (κ2) is 3.93. The predicted molar refractivity (Wildman–Crippen MR) is 64.5 cm³/mol. The number of aromatic nitrogens is 2. The van der Waals surface area contributed by atoms with Gasteiger partial charge in [0, 0.05) is 11.8 Å². The lowest BCUT2D eigenvalue weighted by Crippen LogP contribution is -2.12. The third-order valence-corrected chi connectivity index (χ3v) is 2.73. The van der Waals surface area contributed by atoms with E-state index in [1.54, 1.807) is 6.20 Å². The van der Waals surface area contributed by atoms with Gasteiger partial charge in [-0.2, -0.15) is 0 Å². The molecule has 0 atom stereocenters. The maximum Gasteiger partial charge on any atom is 0.251 e. The quantitative estimate of drug-likeness (QED) is 0.792. The number of hydrogen-bond acceptors (Lipinski definition) is 2. The van der Waals surface area contributed by atoms with Gasteiger partial charge in [-0.1, -0.05) is 6.07 Å². The average Bonchev–Trinajstić information content (AvgIpc) is 2.26. The van der Waals surface area contributed by atoms with Crippen LogP contribution in [0.25, 0.3) is 11.4 Å². The molecule has 0 aliphatic heterocycles. The van der Waals surface area contributed by atoms with E-state index in [2.05, 4.69) is 9.97 Å². The molecule has 0 aromatic carbocycles. The predicted octanol–water partition coefficient (Wildman–Crippen LogP) is 2.36. The summed E-state index contributed by atoms with van der Waals surface area (Å²) in [5.41, 5.74) is 4.38. The molecule has 0 aliphatic rings. The third-order valence-electron chi connectivity index (χ3n) is 2.73. The van der Waals surface area contributed by atoms with Crippen LogP contribution >= 0.6 is 0 Å². The molecule has 2 rings (SSSR count). The molecule has 0 saturated carbocycles. The molecule has 16 heavy (non-hydrogen) atoms. The van der Waals surface area contributed by atoms with Gasteiger partial charge in [-0.15, -0.1) is 0 Å². The number of rotatable bonds is 1. The lowest BCUT2D eigenvalue weighted by molar-refractivity contribution is 1.13. The second-order valence-electron chi connectivity index (χ2n) is 4.04. The van der Waals surface area contributed by atoms with Crippen LogP contribution in [0.4, 0.5) is 0 Å². The molecule has 82 valence electrons. The molecule has 2 aromatic rings. The van der Waals surface area contributed by atoms with Crippen LogP contribution < -0.4 is 5.56 Å². The Morgan fingerprint density at radius 3 is 2.50 bits per heavy atom. The SMILES string of the molecule is Cc1ccc(-c2cc(C)c(C)c(=O)[nH]2)nc1. The van der Waals surface area contributed by atoms with Crippen molar-refractivity contribution in [1.29, 1.82) is 0 Å². The minimum atomic E-state index is -0.0441. The average molecular weight is 214 g/mol. The second-order valence-corrected chi connectivity index (χ2v) is 4.04. The highest BCUT2D eigenvalue weighted by Gasteiger charge is 2.04. The zero-order valence-corrected chi connectivity index (χ0v) is 9.66. The van der Waals surface area contributed by atoms with E-state index in [0.29, 0.717) is 0 Å². The van der Waals surface area contributed by atoms with Gasteiger partial charge in [-0.05, 0) is 44.0 Å². The lowest BCUT2D eigenvalue weighted by atomic mass is 10.1. The maximum atomic E-state index is 11.6. The smallest absolute Gasteiger partial charge is 0.251 e. The van der Waals surface area contributed by atoms with Crippen molar-refractivity contribution in [3.8, 4) is 11.4 Å². The molecule has 0 aliphatic carbocycles. The van der Waals surface area contributed by atoms with Crippen molar-refractivity contribution in [2.75, 3.05) is 0 Å². The fourth-order valence-corrected chi connectivity index (χ4v) is 1.52. The van der Waals surface area contributed by atoms with E-state index in [-0.39, 0.29) is 5.56 Å². The summed E-state index contributed by atoms with van der Waals surface area (Å²) in [7, 11) is 0. The van der Waals surface area contributed by atoms with Gasteiger partial charge in [0.1, 0.15) is 0 Å². The molecule has 3 heteroatoms. The number of aromatic amines is 1. The number of aryl methyl sites for hydroxylation is 2. The van der Waals surface area contributed by atoms with Crippen LogP contribution in [0.5, 0.6) is 0 Å². The zero-order valence-electron chi connectivity index (χ0n) is 9.66. The van der Waals surface area contributed by atoms with Gasteiger partial charge in [0.05, 0.1) is 11.4 Å². The first kappa shape index (κ1) is 10.6. The van der Waals surface area contributed by atoms with Crippen molar-refractivity contribution in [3.63, 3.8) is 0 Å². The lowest BCUT2D eigenvalue weighted by Gasteiger charge is -2.04. The Bertz CT molecular complexity index is 567. The molecular formula is C13H14N2O. The van der Waals surface area contributed by atoms with Gasteiger partial charge in [0.25, 0.3) is 5.56 Å². The van der Waals surface area contributed by atoms with Crippen LogP contribution in [-0.4, -0.2) is 9.97 Å². The molecule has 0 amide bonds. The summed E-state index contributed by atoms with van der Waals surface area (Å²) in [6.45, 7) is 5.74. The van der Waals surface area contributed by atoms with Crippen molar-refractivity contribution >= 4 is 0 Å². The van der Waals surface area contributed by atoms with Crippen molar-refractivity contribution in [2.45, 2.75) is 20.8 Å². The molecule has 0 saturated heterocycles. The highest BCUT2D eigenvalue weighted by molar-refractivity contribution is 5.55. The van der Waals surface area contributed by atoms with Crippen LogP contribution in [0.2, 0.25) is 0 Å². The van der Waals surface area contributed by atoms with Gasteiger partial charge < -0.3 is 4.98 Å². The third kappa shape index (κ3) is 1.89. The van der Waals surface area contributed by atoms with E-state index in [9.17, 15) is 4.79 Å². The van der Waals surface area contributed by atoms with Crippen molar-refractivity contribution in [3.05, 3.63) is 51.4 Å². The molecule has 0 spiro atoms. The first-order valence-corrected chi connectivity index (χ1v) is 5.21. The standard InChI is InChI=1S/C13H14N2O/c1-8-4-5-11(14-7-8)12-6-9(2)10(3)13(16)15-12/h4-7H,1-3H3,(H,15,16). The van der Waals surface area contributed by atoms with Gasteiger partial charge >= 0.3 is 0 Å². The first-order chi connectivity index (χ1) is 7.58. The van der Waals surface area contributed by atoms with Crippen LogP contribution in [0, 0.1) is 20.8 Å². The topological polar surface area (TPSA) is 45.8 Å². The normalized spacial score (nSPS) is 10.4. The summed E-state index contributed by atoms with van der Waals surface area (Å²) in [5.74, 6) is 0. The van der Waals surface area contributed by atoms with Gasteiger partial charge in [-0.25, -0.2) is 0 Å². The van der Waals surface area contributed by atoms with Crippen LogP contribution in [0.1, 0.15) is 16.7 Å². The number of nitrogens with one attached hydrogen (secondary N) is 1. The molecule has 2 heterocycles. The minimum Gasteiger partial charge on any atom is -0.320 e. The highest BCUT2D eigenvalue weighted by Crippen LogP contribution is 2.15. The summed E-state index contributed by atoms with van der Waals surface area (Å²) < 4.78 is 0. The number of nitrogens with zero attached hydrogens (tertiary/aromatic N) is 1. The summed E-state index contributed by atoms with van der Waals surface area (Å²) in [6, 6.07) is 5.85. The van der Waals surface area contributed by atoms with E-state index in [4.69, 9.17) is 0 Å². The number of H-pyrrole nitrogens is 1. The molecule has 3 nitrogen and oxygen atoms in total. The van der Waals surface area contributed by atoms with Crippen LogP contribution in [-0.2, 0) is 0 Å². The summed E-state index contributed by atoms with van der Waals surface area (Å²) in [6.07, 6.45) is 1.79. The van der Waals surface area contributed by atoms with Crippen molar-refractivity contribution in [1.82, 2.24) is 9.97 Å². The number of hydrogen-bond donors (Lipinski definition) is 1. The molecule has 0 unspecified atom stereocenters. The van der Waals surface area contributed by atoms with E-state index in [1.165, 1.54) is 0 Å². The zero-order chi connectivity index (χ0) is 11.7. The Morgan fingerprint density at radius 2 is 1.94 bits per heavy atom. The van der Waals surface area contributed by atoms with Gasteiger partial charge in [0.2, 0.25) is 0 Å². The van der Waals surface area contributed by atoms with Crippen molar-refractivity contribution in [2.24, 2.45) is 0 Å². The summed E-state index contributed by atoms with van der Waals surface area (Å²) in [5, 5.41) is 0. The monoisotopic (exact) mass is 214 g/mol.